The smallest absolute Gasteiger partial charge is 0.129 e. The van der Waals surface area contributed by atoms with Crippen LogP contribution in [0.25, 0.3) is 0 Å². The summed E-state index contributed by atoms with van der Waals surface area (Å²) in [4.78, 5) is 11.1. The average Bonchev–Trinajstić information content (AvgIpc) is 2.34. The largest absolute Gasteiger partial charge is 0.496 e. The highest BCUT2D eigenvalue weighted by Gasteiger charge is 2.20. The van der Waals surface area contributed by atoms with Gasteiger partial charge < -0.3 is 9.53 Å². The summed E-state index contributed by atoms with van der Waals surface area (Å²) in [5.41, 5.74) is 2.57. The van der Waals surface area contributed by atoms with E-state index in [1.165, 1.54) is 11.1 Å². The van der Waals surface area contributed by atoms with Crippen LogP contribution in [0.5, 0.6) is 5.75 Å². The summed E-state index contributed by atoms with van der Waals surface area (Å²) in [6, 6.07) is 6.38. The molecule has 1 rings (SSSR count). The minimum atomic E-state index is 0.0572. The molecule has 0 aliphatic carbocycles. The molecule has 106 valence electrons. The lowest BCUT2D eigenvalue weighted by atomic mass is 9.83. The fourth-order valence-electron chi connectivity index (χ4n) is 2.20. The van der Waals surface area contributed by atoms with Crippen molar-refractivity contribution in [3.05, 3.63) is 29.3 Å². The Balaban J connectivity index is 3.01. The third-order valence-corrected chi connectivity index (χ3v) is 3.53. The average molecular weight is 262 g/mol. The first-order valence-electron chi connectivity index (χ1n) is 6.93. The van der Waals surface area contributed by atoms with Crippen LogP contribution in [0.4, 0.5) is 0 Å². The molecule has 19 heavy (non-hydrogen) atoms. The van der Waals surface area contributed by atoms with Gasteiger partial charge >= 0.3 is 0 Å². The zero-order valence-corrected chi connectivity index (χ0v) is 13.0. The Labute approximate surface area is 117 Å². The SMILES string of the molecule is COc1ccc(C(C)CCC(C)=O)cc1C(C)(C)C. The fourth-order valence-corrected chi connectivity index (χ4v) is 2.20. The number of methoxy groups -OCH3 is 1. The zero-order chi connectivity index (χ0) is 14.6. The molecule has 1 aromatic carbocycles. The van der Waals surface area contributed by atoms with E-state index in [9.17, 15) is 4.79 Å². The Morgan fingerprint density at radius 1 is 1.32 bits per heavy atom. The predicted octanol–water partition coefficient (Wildman–Crippen LogP) is 4.47. The molecule has 1 atom stereocenters. The predicted molar refractivity (Wildman–Crippen MR) is 80.0 cm³/mol. The molecule has 0 aliphatic rings. The number of hydrogen-bond donors (Lipinski definition) is 0. The second-order valence-corrected chi connectivity index (χ2v) is 6.35. The summed E-state index contributed by atoms with van der Waals surface area (Å²) in [6.45, 7) is 10.4. The molecule has 1 aromatic rings. The molecule has 2 heteroatoms. The van der Waals surface area contributed by atoms with Crippen LogP contribution in [0.1, 0.15) is 64.5 Å². The molecule has 0 aliphatic heterocycles. The maximum Gasteiger partial charge on any atom is 0.129 e. The van der Waals surface area contributed by atoms with Crippen molar-refractivity contribution in [1.82, 2.24) is 0 Å². The maximum absolute atomic E-state index is 11.1. The van der Waals surface area contributed by atoms with Gasteiger partial charge in [-0.3, -0.25) is 0 Å². The van der Waals surface area contributed by atoms with Crippen molar-refractivity contribution in [3.63, 3.8) is 0 Å². The zero-order valence-electron chi connectivity index (χ0n) is 13.0. The van der Waals surface area contributed by atoms with Crippen LogP contribution in [0.15, 0.2) is 18.2 Å². The fraction of sp³-hybridized carbons (Fsp3) is 0.588. The Hall–Kier alpha value is -1.31. The third kappa shape index (κ3) is 4.38. The van der Waals surface area contributed by atoms with Crippen molar-refractivity contribution in [1.29, 1.82) is 0 Å². The van der Waals surface area contributed by atoms with Gasteiger partial charge in [0.1, 0.15) is 11.5 Å². The van der Waals surface area contributed by atoms with E-state index in [4.69, 9.17) is 4.74 Å². The molecule has 0 amide bonds. The van der Waals surface area contributed by atoms with Gasteiger partial charge in [0.15, 0.2) is 0 Å². The van der Waals surface area contributed by atoms with Gasteiger partial charge in [-0.15, -0.1) is 0 Å². The van der Waals surface area contributed by atoms with E-state index >= 15 is 0 Å². The molecule has 1 unspecified atom stereocenters. The molecule has 0 fully saturated rings. The monoisotopic (exact) mass is 262 g/mol. The van der Waals surface area contributed by atoms with Crippen LogP contribution in [-0.4, -0.2) is 12.9 Å². The van der Waals surface area contributed by atoms with Gasteiger partial charge in [-0.2, -0.15) is 0 Å². The minimum Gasteiger partial charge on any atom is -0.496 e. The van der Waals surface area contributed by atoms with Crippen LogP contribution in [0.3, 0.4) is 0 Å². The van der Waals surface area contributed by atoms with Gasteiger partial charge in [-0.05, 0) is 41.9 Å². The minimum absolute atomic E-state index is 0.0572. The summed E-state index contributed by atoms with van der Waals surface area (Å²) in [5.74, 6) is 1.60. The van der Waals surface area contributed by atoms with Crippen molar-refractivity contribution in [2.75, 3.05) is 7.11 Å². The van der Waals surface area contributed by atoms with E-state index < -0.39 is 0 Å². The first-order chi connectivity index (χ1) is 8.75. The molecule has 2 nitrogen and oxygen atoms in total. The van der Waals surface area contributed by atoms with E-state index in [0.29, 0.717) is 12.3 Å². The molecule has 0 aromatic heterocycles. The number of rotatable bonds is 5. The van der Waals surface area contributed by atoms with E-state index in [1.54, 1.807) is 14.0 Å². The molecule has 0 saturated heterocycles. The normalized spacial score (nSPS) is 13.2. The first kappa shape index (κ1) is 15.7. The first-order valence-corrected chi connectivity index (χ1v) is 6.93. The van der Waals surface area contributed by atoms with Crippen LogP contribution in [-0.2, 0) is 10.2 Å². The lowest BCUT2D eigenvalue weighted by molar-refractivity contribution is -0.117. The van der Waals surface area contributed by atoms with Crippen LogP contribution < -0.4 is 4.74 Å². The Kier molecular flexibility index (Phi) is 5.16. The number of ether oxygens (including phenoxy) is 1. The van der Waals surface area contributed by atoms with E-state index in [0.717, 1.165) is 12.2 Å². The lowest BCUT2D eigenvalue weighted by Crippen LogP contribution is -2.13. The Morgan fingerprint density at radius 3 is 2.42 bits per heavy atom. The molecular weight excluding hydrogens is 236 g/mol. The maximum atomic E-state index is 11.1. The Morgan fingerprint density at radius 2 is 1.95 bits per heavy atom. The molecule has 0 spiro atoms. The van der Waals surface area contributed by atoms with Crippen molar-refractivity contribution in [3.8, 4) is 5.75 Å². The number of benzene rings is 1. The number of hydrogen-bond acceptors (Lipinski definition) is 2. The highest BCUT2D eigenvalue weighted by Crippen LogP contribution is 2.34. The number of Topliss-reactive ketones (excluding diaryl/α,β-unsaturated/α-hetero) is 1. The number of carbonyl (C=O) groups is 1. The highest BCUT2D eigenvalue weighted by molar-refractivity contribution is 5.75. The standard InChI is InChI=1S/C17H26O2/c1-12(7-8-13(2)18)14-9-10-16(19-6)15(11-14)17(3,4)5/h9-12H,7-8H2,1-6H3. The van der Waals surface area contributed by atoms with Gasteiger partial charge in [-0.1, -0.05) is 39.8 Å². The molecular formula is C17H26O2. The second kappa shape index (κ2) is 6.23. The van der Waals surface area contributed by atoms with Crippen molar-refractivity contribution < 1.29 is 9.53 Å². The van der Waals surface area contributed by atoms with Crippen LogP contribution in [0.2, 0.25) is 0 Å². The number of ketones is 1. The van der Waals surface area contributed by atoms with Crippen LogP contribution >= 0.6 is 0 Å². The summed E-state index contributed by atoms with van der Waals surface area (Å²) in [6.07, 6.45) is 1.56. The topological polar surface area (TPSA) is 26.3 Å². The van der Waals surface area contributed by atoms with Gasteiger partial charge in [0, 0.05) is 6.42 Å². The van der Waals surface area contributed by atoms with Crippen molar-refractivity contribution in [2.24, 2.45) is 0 Å². The van der Waals surface area contributed by atoms with E-state index in [2.05, 4.69) is 39.8 Å². The second-order valence-electron chi connectivity index (χ2n) is 6.35. The third-order valence-electron chi connectivity index (χ3n) is 3.53. The summed E-state index contributed by atoms with van der Waals surface area (Å²) < 4.78 is 5.45. The summed E-state index contributed by atoms with van der Waals surface area (Å²) in [7, 11) is 1.71. The van der Waals surface area contributed by atoms with Crippen molar-refractivity contribution >= 4 is 5.78 Å². The molecule has 0 N–H and O–H groups in total. The van der Waals surface area contributed by atoms with E-state index in [1.807, 2.05) is 6.07 Å². The summed E-state index contributed by atoms with van der Waals surface area (Å²) in [5, 5.41) is 0. The number of carbonyl (C=O) groups excluding carboxylic acids is 1. The van der Waals surface area contributed by atoms with Gasteiger partial charge in [-0.25, -0.2) is 0 Å². The van der Waals surface area contributed by atoms with Crippen LogP contribution in [0, 0.1) is 0 Å². The summed E-state index contributed by atoms with van der Waals surface area (Å²) >= 11 is 0. The lowest BCUT2D eigenvalue weighted by Gasteiger charge is -2.24. The quantitative estimate of drug-likeness (QED) is 0.782. The molecule has 0 saturated carbocycles. The van der Waals surface area contributed by atoms with Gasteiger partial charge in [0.2, 0.25) is 0 Å². The van der Waals surface area contributed by atoms with Gasteiger partial charge in [0.25, 0.3) is 0 Å². The Bertz CT molecular complexity index is 441. The van der Waals surface area contributed by atoms with E-state index in [-0.39, 0.29) is 11.2 Å². The molecule has 0 bridgehead atoms. The highest BCUT2D eigenvalue weighted by atomic mass is 16.5. The molecule has 0 heterocycles. The van der Waals surface area contributed by atoms with Gasteiger partial charge in [0.05, 0.1) is 7.11 Å². The molecule has 0 radical (unpaired) electrons. The van der Waals surface area contributed by atoms with Crippen molar-refractivity contribution in [2.45, 2.75) is 58.8 Å².